The monoisotopic (exact) mass is 193 g/mol. The zero-order valence-electron chi connectivity index (χ0n) is 8.46. The highest BCUT2D eigenvalue weighted by Gasteiger charge is 2.27. The van der Waals surface area contributed by atoms with Crippen LogP contribution in [0.15, 0.2) is 18.2 Å². The van der Waals surface area contributed by atoms with Crippen LogP contribution in [-0.4, -0.2) is 6.04 Å². The molecule has 1 aliphatic carbocycles. The molecule has 76 valence electrons. The minimum absolute atomic E-state index is 0.140. The van der Waals surface area contributed by atoms with Gasteiger partial charge in [-0.25, -0.2) is 4.39 Å². The Morgan fingerprint density at radius 3 is 2.79 bits per heavy atom. The quantitative estimate of drug-likeness (QED) is 0.767. The Hall–Kier alpha value is -0.890. The maximum absolute atomic E-state index is 13.0. The minimum Gasteiger partial charge on any atom is -0.327 e. The van der Waals surface area contributed by atoms with E-state index in [0.29, 0.717) is 12.0 Å². The van der Waals surface area contributed by atoms with Gasteiger partial charge in [0.25, 0.3) is 0 Å². The molecular formula is C12H16FN. The van der Waals surface area contributed by atoms with Gasteiger partial charge in [0.05, 0.1) is 0 Å². The van der Waals surface area contributed by atoms with Crippen LogP contribution in [0.2, 0.25) is 0 Å². The lowest BCUT2D eigenvalue weighted by atomic mass is 9.76. The maximum Gasteiger partial charge on any atom is 0.123 e. The number of benzene rings is 1. The van der Waals surface area contributed by atoms with E-state index in [4.69, 9.17) is 5.73 Å². The molecule has 1 nitrogen and oxygen atoms in total. The van der Waals surface area contributed by atoms with E-state index in [1.165, 1.54) is 18.1 Å². The van der Waals surface area contributed by atoms with Crippen LogP contribution in [-0.2, 0) is 6.42 Å². The third-order valence-corrected chi connectivity index (χ3v) is 3.27. The summed E-state index contributed by atoms with van der Waals surface area (Å²) in [6, 6.07) is 5.33. The van der Waals surface area contributed by atoms with Gasteiger partial charge in [-0.3, -0.25) is 0 Å². The van der Waals surface area contributed by atoms with Gasteiger partial charge >= 0.3 is 0 Å². The SMILES string of the molecule is Cc1ccc(F)cc1CC1CCC1N. The van der Waals surface area contributed by atoms with Gasteiger partial charge in [-0.05, 0) is 55.4 Å². The molecule has 2 heteroatoms. The summed E-state index contributed by atoms with van der Waals surface area (Å²) in [6.45, 7) is 2.03. The van der Waals surface area contributed by atoms with Crippen molar-refractivity contribution in [2.45, 2.75) is 32.2 Å². The Bertz CT molecular complexity index is 335. The molecule has 0 heterocycles. The van der Waals surface area contributed by atoms with Gasteiger partial charge in [-0.2, -0.15) is 0 Å². The van der Waals surface area contributed by atoms with E-state index in [9.17, 15) is 4.39 Å². The van der Waals surface area contributed by atoms with Crippen LogP contribution in [0.3, 0.4) is 0 Å². The number of hydrogen-bond donors (Lipinski definition) is 1. The van der Waals surface area contributed by atoms with E-state index in [0.717, 1.165) is 18.4 Å². The number of nitrogens with two attached hydrogens (primary N) is 1. The van der Waals surface area contributed by atoms with Crippen LogP contribution < -0.4 is 5.73 Å². The second-order valence-electron chi connectivity index (χ2n) is 4.28. The summed E-state index contributed by atoms with van der Waals surface area (Å²) in [6.07, 6.45) is 3.25. The Labute approximate surface area is 84.1 Å². The van der Waals surface area contributed by atoms with Gasteiger partial charge in [0, 0.05) is 6.04 Å². The van der Waals surface area contributed by atoms with Gasteiger partial charge in [0.15, 0.2) is 0 Å². The van der Waals surface area contributed by atoms with Gasteiger partial charge < -0.3 is 5.73 Å². The van der Waals surface area contributed by atoms with Gasteiger partial charge in [-0.1, -0.05) is 6.07 Å². The predicted octanol–water partition coefficient (Wildman–Crippen LogP) is 2.41. The predicted molar refractivity (Wildman–Crippen MR) is 55.5 cm³/mol. The normalized spacial score (nSPS) is 25.9. The highest BCUT2D eigenvalue weighted by molar-refractivity contribution is 5.27. The van der Waals surface area contributed by atoms with E-state index < -0.39 is 0 Å². The molecule has 2 rings (SSSR count). The van der Waals surface area contributed by atoms with E-state index in [-0.39, 0.29) is 5.82 Å². The Morgan fingerprint density at radius 2 is 2.21 bits per heavy atom. The first-order valence-corrected chi connectivity index (χ1v) is 5.17. The van der Waals surface area contributed by atoms with Gasteiger partial charge in [0.2, 0.25) is 0 Å². The lowest BCUT2D eigenvalue weighted by molar-refractivity contribution is 0.255. The molecule has 2 N–H and O–H groups in total. The standard InChI is InChI=1S/C12H16FN/c1-8-2-4-11(13)7-10(8)6-9-3-5-12(9)14/h2,4,7,9,12H,3,5-6,14H2,1H3. The summed E-state index contributed by atoms with van der Waals surface area (Å²) in [7, 11) is 0. The number of rotatable bonds is 2. The van der Waals surface area contributed by atoms with Crippen molar-refractivity contribution < 1.29 is 4.39 Å². The molecule has 2 atom stereocenters. The summed E-state index contributed by atoms with van der Waals surface area (Å²) in [5, 5.41) is 0. The lowest BCUT2D eigenvalue weighted by Gasteiger charge is -2.34. The van der Waals surface area contributed by atoms with Crippen LogP contribution >= 0.6 is 0 Å². The van der Waals surface area contributed by atoms with Crippen molar-refractivity contribution >= 4 is 0 Å². The molecular weight excluding hydrogens is 177 g/mol. The topological polar surface area (TPSA) is 26.0 Å². The van der Waals surface area contributed by atoms with E-state index in [1.807, 2.05) is 13.0 Å². The van der Waals surface area contributed by atoms with Crippen molar-refractivity contribution in [2.75, 3.05) is 0 Å². The van der Waals surface area contributed by atoms with Gasteiger partial charge in [0.1, 0.15) is 5.82 Å². The minimum atomic E-state index is -0.140. The Morgan fingerprint density at radius 1 is 1.43 bits per heavy atom. The molecule has 1 aliphatic rings. The number of hydrogen-bond acceptors (Lipinski definition) is 1. The fourth-order valence-corrected chi connectivity index (χ4v) is 1.99. The molecule has 1 aromatic carbocycles. The largest absolute Gasteiger partial charge is 0.327 e. The van der Waals surface area contributed by atoms with Crippen molar-refractivity contribution in [2.24, 2.45) is 11.7 Å². The first kappa shape index (κ1) is 9.66. The van der Waals surface area contributed by atoms with Crippen LogP contribution in [0, 0.1) is 18.7 Å². The van der Waals surface area contributed by atoms with E-state index in [1.54, 1.807) is 6.07 Å². The van der Waals surface area contributed by atoms with Crippen LogP contribution in [0.1, 0.15) is 24.0 Å². The van der Waals surface area contributed by atoms with Crippen molar-refractivity contribution in [1.82, 2.24) is 0 Å². The average Bonchev–Trinajstić information content (AvgIpc) is 2.17. The van der Waals surface area contributed by atoms with E-state index in [2.05, 4.69) is 0 Å². The van der Waals surface area contributed by atoms with Crippen LogP contribution in [0.25, 0.3) is 0 Å². The second kappa shape index (κ2) is 3.70. The lowest BCUT2D eigenvalue weighted by Crippen LogP contribution is -2.40. The van der Waals surface area contributed by atoms with Crippen LogP contribution in [0.5, 0.6) is 0 Å². The molecule has 1 fully saturated rings. The number of halogens is 1. The third-order valence-electron chi connectivity index (χ3n) is 3.27. The molecule has 0 saturated heterocycles. The average molecular weight is 193 g/mol. The smallest absolute Gasteiger partial charge is 0.123 e. The first-order valence-electron chi connectivity index (χ1n) is 5.17. The molecule has 2 unspecified atom stereocenters. The first-order chi connectivity index (χ1) is 6.66. The van der Waals surface area contributed by atoms with Crippen LogP contribution in [0.4, 0.5) is 4.39 Å². The molecule has 0 aliphatic heterocycles. The number of aryl methyl sites for hydroxylation is 1. The summed E-state index contributed by atoms with van der Waals surface area (Å²) >= 11 is 0. The van der Waals surface area contributed by atoms with E-state index >= 15 is 0 Å². The van der Waals surface area contributed by atoms with Crippen molar-refractivity contribution in [3.8, 4) is 0 Å². The van der Waals surface area contributed by atoms with Crippen molar-refractivity contribution in [1.29, 1.82) is 0 Å². The van der Waals surface area contributed by atoms with Crippen molar-refractivity contribution in [3.63, 3.8) is 0 Å². The summed E-state index contributed by atoms with van der Waals surface area (Å²) in [5.41, 5.74) is 8.15. The highest BCUT2D eigenvalue weighted by Crippen LogP contribution is 2.29. The fraction of sp³-hybridized carbons (Fsp3) is 0.500. The molecule has 14 heavy (non-hydrogen) atoms. The zero-order chi connectivity index (χ0) is 10.1. The highest BCUT2D eigenvalue weighted by atomic mass is 19.1. The zero-order valence-corrected chi connectivity index (χ0v) is 8.46. The summed E-state index contributed by atoms with van der Waals surface area (Å²) < 4.78 is 13.0. The molecule has 0 spiro atoms. The Balaban J connectivity index is 2.11. The second-order valence-corrected chi connectivity index (χ2v) is 4.28. The molecule has 0 amide bonds. The molecule has 1 saturated carbocycles. The molecule has 0 radical (unpaired) electrons. The summed E-state index contributed by atoms with van der Waals surface area (Å²) in [4.78, 5) is 0. The molecule has 0 bridgehead atoms. The Kier molecular flexibility index (Phi) is 2.55. The van der Waals surface area contributed by atoms with Gasteiger partial charge in [-0.15, -0.1) is 0 Å². The maximum atomic E-state index is 13.0. The van der Waals surface area contributed by atoms with Crippen molar-refractivity contribution in [3.05, 3.63) is 35.1 Å². The molecule has 1 aromatic rings. The summed E-state index contributed by atoms with van der Waals surface area (Å²) in [5.74, 6) is 0.425. The fourth-order valence-electron chi connectivity index (χ4n) is 1.99. The molecule has 0 aromatic heterocycles. The third kappa shape index (κ3) is 1.80.